The molecule has 1 atom stereocenters. The lowest BCUT2D eigenvalue weighted by Gasteiger charge is -2.26. The second-order valence-electron chi connectivity index (χ2n) is 5.15. The molecular formula is C16H16FNO2S. The second-order valence-corrected chi connectivity index (χ2v) is 6.25. The van der Waals surface area contributed by atoms with Crippen LogP contribution in [0.25, 0.3) is 0 Å². The maximum Gasteiger partial charge on any atom is 0.255 e. The molecule has 0 fully saturated rings. The van der Waals surface area contributed by atoms with Gasteiger partial charge in [-0.1, -0.05) is 12.1 Å². The number of halogens is 1. The zero-order valence-corrected chi connectivity index (χ0v) is 12.7. The number of amides is 1. The van der Waals surface area contributed by atoms with E-state index in [-0.39, 0.29) is 17.8 Å². The van der Waals surface area contributed by atoms with Gasteiger partial charge >= 0.3 is 0 Å². The van der Waals surface area contributed by atoms with Gasteiger partial charge < -0.3 is 9.73 Å². The van der Waals surface area contributed by atoms with Gasteiger partial charge in [0.2, 0.25) is 0 Å². The summed E-state index contributed by atoms with van der Waals surface area (Å²) in [6, 6.07) is 6.60. The molecule has 0 aliphatic carbocycles. The smallest absolute Gasteiger partial charge is 0.255 e. The van der Waals surface area contributed by atoms with Crippen molar-refractivity contribution in [2.24, 2.45) is 0 Å². The monoisotopic (exact) mass is 305 g/mol. The van der Waals surface area contributed by atoms with Crippen molar-refractivity contribution in [2.75, 3.05) is 5.75 Å². The molecule has 1 aliphatic heterocycles. The number of thioether (sulfide) groups is 1. The van der Waals surface area contributed by atoms with Gasteiger partial charge in [0.1, 0.15) is 17.3 Å². The van der Waals surface area contributed by atoms with Gasteiger partial charge in [0.05, 0.1) is 11.6 Å². The molecule has 21 heavy (non-hydrogen) atoms. The fourth-order valence-electron chi connectivity index (χ4n) is 2.63. The average molecular weight is 305 g/mol. The Morgan fingerprint density at radius 3 is 2.95 bits per heavy atom. The van der Waals surface area contributed by atoms with E-state index in [4.69, 9.17) is 4.42 Å². The number of carbonyl (C=O) groups excluding carboxylic acids is 1. The van der Waals surface area contributed by atoms with E-state index in [0.717, 1.165) is 17.7 Å². The molecule has 0 saturated heterocycles. The number of hydrogen-bond donors (Lipinski definition) is 1. The van der Waals surface area contributed by atoms with Crippen molar-refractivity contribution < 1.29 is 13.6 Å². The Hall–Kier alpha value is -1.75. The third kappa shape index (κ3) is 2.70. The van der Waals surface area contributed by atoms with Crippen molar-refractivity contribution in [3.05, 3.63) is 52.7 Å². The first-order valence-corrected chi connectivity index (χ1v) is 7.84. The van der Waals surface area contributed by atoms with Crippen LogP contribution in [0.2, 0.25) is 0 Å². The third-order valence-corrected chi connectivity index (χ3v) is 4.78. The lowest BCUT2D eigenvalue weighted by molar-refractivity contribution is 0.0933. The highest BCUT2D eigenvalue weighted by molar-refractivity contribution is 7.99. The predicted molar refractivity (Wildman–Crippen MR) is 80.1 cm³/mol. The van der Waals surface area contributed by atoms with Crippen molar-refractivity contribution in [1.29, 1.82) is 0 Å². The van der Waals surface area contributed by atoms with Crippen LogP contribution in [0, 0.1) is 19.7 Å². The number of carbonyl (C=O) groups is 1. The summed E-state index contributed by atoms with van der Waals surface area (Å²) in [6.45, 7) is 3.58. The van der Waals surface area contributed by atoms with Crippen molar-refractivity contribution in [2.45, 2.75) is 31.2 Å². The van der Waals surface area contributed by atoms with E-state index in [2.05, 4.69) is 5.32 Å². The van der Waals surface area contributed by atoms with Gasteiger partial charge in [0.25, 0.3) is 5.91 Å². The minimum absolute atomic E-state index is 0.154. The van der Waals surface area contributed by atoms with Crippen LogP contribution in [-0.4, -0.2) is 11.7 Å². The largest absolute Gasteiger partial charge is 0.466 e. The lowest BCUT2D eigenvalue weighted by atomic mass is 10.0. The number of furan rings is 1. The van der Waals surface area contributed by atoms with E-state index < -0.39 is 0 Å². The summed E-state index contributed by atoms with van der Waals surface area (Å²) in [6.07, 6.45) is 0.794. The molecule has 0 spiro atoms. The molecule has 2 aromatic rings. The normalized spacial score (nSPS) is 17.4. The summed E-state index contributed by atoms with van der Waals surface area (Å²) >= 11 is 1.50. The summed E-state index contributed by atoms with van der Waals surface area (Å²) in [5.41, 5.74) is 1.40. The number of fused-ring (bicyclic) bond motifs is 1. The number of aryl methyl sites for hydroxylation is 2. The van der Waals surface area contributed by atoms with Crippen LogP contribution in [0.3, 0.4) is 0 Å². The van der Waals surface area contributed by atoms with Crippen molar-refractivity contribution >= 4 is 17.7 Å². The second kappa shape index (κ2) is 5.56. The van der Waals surface area contributed by atoms with Crippen LogP contribution in [-0.2, 0) is 0 Å². The molecule has 1 amide bonds. The quantitative estimate of drug-likeness (QED) is 0.912. The van der Waals surface area contributed by atoms with Crippen LogP contribution in [0.5, 0.6) is 0 Å². The van der Waals surface area contributed by atoms with E-state index in [1.165, 1.54) is 17.8 Å². The molecule has 110 valence electrons. The van der Waals surface area contributed by atoms with Gasteiger partial charge in [0.15, 0.2) is 0 Å². The summed E-state index contributed by atoms with van der Waals surface area (Å²) in [5, 5.41) is 2.99. The highest BCUT2D eigenvalue weighted by Gasteiger charge is 2.25. The number of hydrogen-bond acceptors (Lipinski definition) is 3. The molecule has 3 nitrogen and oxygen atoms in total. The third-order valence-electron chi connectivity index (χ3n) is 3.62. The number of nitrogens with one attached hydrogen (secondary N) is 1. The maximum atomic E-state index is 13.8. The molecule has 0 unspecified atom stereocenters. The van der Waals surface area contributed by atoms with Crippen LogP contribution < -0.4 is 5.32 Å². The molecule has 1 N–H and O–H groups in total. The fraction of sp³-hybridized carbons (Fsp3) is 0.312. The first-order valence-electron chi connectivity index (χ1n) is 6.85. The SMILES string of the molecule is Cc1cc(C(=O)N[C@@H]2CCSc3c(F)cccc32)c(C)o1. The fourth-order valence-corrected chi connectivity index (χ4v) is 3.77. The van der Waals surface area contributed by atoms with E-state index in [9.17, 15) is 9.18 Å². The molecule has 1 aliphatic rings. The molecule has 5 heteroatoms. The average Bonchev–Trinajstić information content (AvgIpc) is 2.79. The minimum atomic E-state index is -0.216. The Morgan fingerprint density at radius 2 is 2.24 bits per heavy atom. The molecule has 0 bridgehead atoms. The predicted octanol–water partition coefficient (Wildman–Crippen LogP) is 4.00. The highest BCUT2D eigenvalue weighted by atomic mass is 32.2. The Morgan fingerprint density at radius 1 is 1.43 bits per heavy atom. The molecule has 3 rings (SSSR count). The number of rotatable bonds is 2. The molecule has 2 heterocycles. The van der Waals surface area contributed by atoms with E-state index in [1.54, 1.807) is 19.1 Å². The van der Waals surface area contributed by atoms with Gasteiger partial charge in [-0.25, -0.2) is 4.39 Å². The number of benzene rings is 1. The summed E-state index contributed by atoms with van der Waals surface area (Å²) in [5.74, 6) is 1.73. The van der Waals surface area contributed by atoms with Crippen LogP contribution in [0.4, 0.5) is 4.39 Å². The zero-order valence-electron chi connectivity index (χ0n) is 11.9. The van der Waals surface area contributed by atoms with Gasteiger partial charge in [-0.3, -0.25) is 4.79 Å². The Balaban J connectivity index is 1.85. The van der Waals surface area contributed by atoms with Crippen molar-refractivity contribution in [3.63, 3.8) is 0 Å². The Bertz CT molecular complexity index is 696. The molecule has 1 aromatic carbocycles. The first kappa shape index (κ1) is 14.2. The molecule has 0 radical (unpaired) electrons. The van der Waals surface area contributed by atoms with Gasteiger partial charge in [-0.05, 0) is 38.0 Å². The molecular weight excluding hydrogens is 289 g/mol. The zero-order chi connectivity index (χ0) is 15.0. The summed E-state index contributed by atoms with van der Waals surface area (Å²) in [4.78, 5) is 13.0. The Kier molecular flexibility index (Phi) is 3.76. The summed E-state index contributed by atoms with van der Waals surface area (Å²) < 4.78 is 19.2. The standard InChI is InChI=1S/C16H16FNO2S/c1-9-8-12(10(2)20-9)16(19)18-14-6-7-21-15-11(14)4-3-5-13(15)17/h3-5,8,14H,6-7H2,1-2H3,(H,18,19)/t14-/m1/s1. The highest BCUT2D eigenvalue weighted by Crippen LogP contribution is 2.37. The molecule has 1 aromatic heterocycles. The van der Waals surface area contributed by atoms with Crippen LogP contribution in [0.1, 0.15) is 39.9 Å². The topological polar surface area (TPSA) is 42.2 Å². The minimum Gasteiger partial charge on any atom is -0.466 e. The molecule has 0 saturated carbocycles. The van der Waals surface area contributed by atoms with Crippen LogP contribution in [0.15, 0.2) is 33.6 Å². The summed E-state index contributed by atoms with van der Waals surface area (Å²) in [7, 11) is 0. The van der Waals surface area contributed by atoms with Crippen LogP contribution >= 0.6 is 11.8 Å². The Labute approximate surface area is 126 Å². The lowest BCUT2D eigenvalue weighted by Crippen LogP contribution is -2.31. The van der Waals surface area contributed by atoms with Crippen molar-refractivity contribution in [3.8, 4) is 0 Å². The van der Waals surface area contributed by atoms with Gasteiger partial charge in [-0.15, -0.1) is 11.8 Å². The maximum absolute atomic E-state index is 13.8. The van der Waals surface area contributed by atoms with Gasteiger partial charge in [-0.2, -0.15) is 0 Å². The van der Waals surface area contributed by atoms with Gasteiger partial charge in [0, 0.05) is 10.6 Å². The van der Waals surface area contributed by atoms with E-state index in [1.807, 2.05) is 13.0 Å². The first-order chi connectivity index (χ1) is 10.1. The van der Waals surface area contributed by atoms with E-state index >= 15 is 0 Å². The van der Waals surface area contributed by atoms with Crippen molar-refractivity contribution in [1.82, 2.24) is 5.32 Å². The van der Waals surface area contributed by atoms with E-state index in [0.29, 0.717) is 22.0 Å².